The second-order valence-corrected chi connectivity index (χ2v) is 6.41. The van der Waals surface area contributed by atoms with E-state index in [0.29, 0.717) is 14.5 Å². The van der Waals surface area contributed by atoms with Crippen LogP contribution in [-0.4, -0.2) is 28.6 Å². The van der Waals surface area contributed by atoms with Crippen molar-refractivity contribution in [1.82, 2.24) is 15.2 Å². The molecule has 2 heterocycles. The molecule has 1 N–H and O–H groups in total. The van der Waals surface area contributed by atoms with Gasteiger partial charge in [0, 0.05) is 11.9 Å². The Morgan fingerprint density at radius 1 is 1.71 bits per heavy atom. The fourth-order valence-electron chi connectivity index (χ4n) is 1.93. The van der Waals surface area contributed by atoms with Crippen molar-refractivity contribution < 1.29 is 14.3 Å². The first-order valence-corrected chi connectivity index (χ1v) is 7.59. The number of thiazole rings is 1. The van der Waals surface area contributed by atoms with Crippen molar-refractivity contribution in [2.24, 2.45) is 0 Å². The number of urea groups is 1. The summed E-state index contributed by atoms with van der Waals surface area (Å²) >= 11 is 4.48. The second-order valence-electron chi connectivity index (χ2n) is 4.07. The van der Waals surface area contributed by atoms with E-state index in [-0.39, 0.29) is 12.2 Å². The van der Waals surface area contributed by atoms with Crippen molar-refractivity contribution >= 4 is 39.4 Å². The molecule has 1 unspecified atom stereocenters. The van der Waals surface area contributed by atoms with Gasteiger partial charge in [0.25, 0.3) is 0 Å². The average molecular weight is 371 g/mol. The lowest BCUT2D eigenvalue weighted by atomic mass is 10.0. The molecular formula is C12H11BrN4O3S. The highest BCUT2D eigenvalue weighted by molar-refractivity contribution is 9.11. The smallest absolute Gasteiger partial charge is 0.418 e. The zero-order chi connectivity index (χ0) is 15.6. The lowest BCUT2D eigenvalue weighted by Gasteiger charge is -2.32. The zero-order valence-corrected chi connectivity index (χ0v) is 13.6. The van der Waals surface area contributed by atoms with Gasteiger partial charge in [-0.25, -0.2) is 19.5 Å². The Balaban J connectivity index is 2.54. The minimum absolute atomic E-state index is 0.131. The van der Waals surface area contributed by atoms with Crippen LogP contribution in [-0.2, 0) is 4.74 Å². The fourth-order valence-corrected chi connectivity index (χ4v) is 3.33. The van der Waals surface area contributed by atoms with Crippen LogP contribution in [0.4, 0.5) is 9.59 Å². The third-order valence-corrected chi connectivity index (χ3v) is 4.33. The molecule has 2 rings (SSSR count). The Kier molecular flexibility index (Phi) is 4.59. The summed E-state index contributed by atoms with van der Waals surface area (Å²) in [5.41, 5.74) is 0.691. The van der Waals surface area contributed by atoms with Gasteiger partial charge in [-0.1, -0.05) is 0 Å². The molecule has 0 fully saturated rings. The Bertz CT molecular complexity index is 664. The van der Waals surface area contributed by atoms with Gasteiger partial charge in [-0.05, 0) is 29.8 Å². The quantitative estimate of drug-likeness (QED) is 0.863. The summed E-state index contributed by atoms with van der Waals surface area (Å²) in [6.45, 7) is 3.39. The number of aromatic nitrogens is 1. The number of carbonyl (C=O) groups excluding carboxylic acids is 2. The molecule has 0 aromatic carbocycles. The van der Waals surface area contributed by atoms with Crippen LogP contribution in [0.15, 0.2) is 21.4 Å². The molecule has 0 radical (unpaired) electrons. The van der Waals surface area contributed by atoms with Crippen molar-refractivity contribution in [2.75, 3.05) is 6.61 Å². The van der Waals surface area contributed by atoms with Crippen LogP contribution in [0.5, 0.6) is 0 Å². The van der Waals surface area contributed by atoms with Crippen LogP contribution >= 0.6 is 27.3 Å². The van der Waals surface area contributed by atoms with Crippen LogP contribution in [0, 0.1) is 11.3 Å². The van der Waals surface area contributed by atoms with Crippen molar-refractivity contribution in [2.45, 2.75) is 19.9 Å². The first-order valence-electron chi connectivity index (χ1n) is 5.98. The number of carbonyl (C=O) groups is 2. The molecule has 21 heavy (non-hydrogen) atoms. The van der Waals surface area contributed by atoms with Crippen LogP contribution in [0.25, 0.3) is 0 Å². The molecule has 1 aliphatic rings. The van der Waals surface area contributed by atoms with E-state index in [1.165, 1.54) is 17.5 Å². The SMILES string of the molecule is CCOC(=O)N1C(=O)NC(C)=C(C#N)C1c1cnc(Br)s1. The van der Waals surface area contributed by atoms with E-state index in [1.807, 2.05) is 6.07 Å². The van der Waals surface area contributed by atoms with Gasteiger partial charge in [0.2, 0.25) is 0 Å². The van der Waals surface area contributed by atoms with Gasteiger partial charge in [0.15, 0.2) is 3.92 Å². The van der Waals surface area contributed by atoms with Gasteiger partial charge >= 0.3 is 12.1 Å². The maximum absolute atomic E-state index is 12.1. The monoisotopic (exact) mass is 370 g/mol. The zero-order valence-electron chi connectivity index (χ0n) is 11.2. The summed E-state index contributed by atoms with van der Waals surface area (Å²) in [5.74, 6) is 0. The summed E-state index contributed by atoms with van der Waals surface area (Å²) in [4.78, 5) is 29.7. The van der Waals surface area contributed by atoms with E-state index in [0.717, 1.165) is 4.90 Å². The highest BCUT2D eigenvalue weighted by Gasteiger charge is 2.40. The minimum atomic E-state index is -0.827. The van der Waals surface area contributed by atoms with E-state index < -0.39 is 18.2 Å². The van der Waals surface area contributed by atoms with Crippen molar-refractivity contribution in [3.63, 3.8) is 0 Å². The van der Waals surface area contributed by atoms with Crippen LogP contribution < -0.4 is 5.32 Å². The van der Waals surface area contributed by atoms with Crippen molar-refractivity contribution in [3.05, 3.63) is 26.3 Å². The average Bonchev–Trinajstić information content (AvgIpc) is 2.84. The van der Waals surface area contributed by atoms with E-state index >= 15 is 0 Å². The first kappa shape index (κ1) is 15.5. The Morgan fingerprint density at radius 3 is 2.95 bits per heavy atom. The molecule has 0 bridgehead atoms. The van der Waals surface area contributed by atoms with Crippen molar-refractivity contribution in [3.8, 4) is 6.07 Å². The molecule has 7 nitrogen and oxygen atoms in total. The standard InChI is InChI=1S/C12H11BrN4O3S/c1-3-20-12(19)17-9(8-5-15-10(13)21-8)7(4-14)6(2)16-11(17)18/h5,9H,3H2,1-2H3,(H,16,18). The Labute approximate surface area is 133 Å². The summed E-state index contributed by atoms with van der Waals surface area (Å²) < 4.78 is 5.50. The number of ether oxygens (including phenoxy) is 1. The molecule has 1 aromatic heterocycles. The molecular weight excluding hydrogens is 360 g/mol. The maximum atomic E-state index is 12.1. The van der Waals surface area contributed by atoms with Crippen LogP contribution in [0.3, 0.4) is 0 Å². The fraction of sp³-hybridized carbons (Fsp3) is 0.333. The lowest BCUT2D eigenvalue weighted by Crippen LogP contribution is -2.49. The van der Waals surface area contributed by atoms with Crippen molar-refractivity contribution in [1.29, 1.82) is 5.26 Å². The maximum Gasteiger partial charge on any atom is 0.418 e. The number of nitrogens with one attached hydrogen (secondary N) is 1. The van der Waals surface area contributed by atoms with E-state index in [9.17, 15) is 14.9 Å². The molecule has 0 spiro atoms. The number of nitrogens with zero attached hydrogens (tertiary/aromatic N) is 3. The summed E-state index contributed by atoms with van der Waals surface area (Å²) in [5, 5.41) is 11.8. The lowest BCUT2D eigenvalue weighted by molar-refractivity contribution is 0.104. The number of halogens is 1. The third kappa shape index (κ3) is 2.91. The highest BCUT2D eigenvalue weighted by atomic mass is 79.9. The molecule has 0 saturated heterocycles. The van der Waals surface area contributed by atoms with Gasteiger partial charge in [-0.15, -0.1) is 11.3 Å². The molecule has 110 valence electrons. The van der Waals surface area contributed by atoms with Gasteiger partial charge in [-0.2, -0.15) is 5.26 Å². The number of imide groups is 1. The first-order chi connectivity index (χ1) is 9.99. The minimum Gasteiger partial charge on any atom is -0.449 e. The Hall–Kier alpha value is -1.92. The molecule has 0 saturated carbocycles. The largest absolute Gasteiger partial charge is 0.449 e. The van der Waals surface area contributed by atoms with Crippen LogP contribution in [0.2, 0.25) is 0 Å². The van der Waals surface area contributed by atoms with Gasteiger partial charge in [-0.3, -0.25) is 0 Å². The molecule has 0 aliphatic carbocycles. The van der Waals surface area contributed by atoms with Crippen LogP contribution in [0.1, 0.15) is 24.8 Å². The molecule has 3 amide bonds. The van der Waals surface area contributed by atoms with Gasteiger partial charge < -0.3 is 10.1 Å². The second kappa shape index (κ2) is 6.24. The van der Waals surface area contributed by atoms with Gasteiger partial charge in [0.1, 0.15) is 6.04 Å². The molecule has 1 aliphatic heterocycles. The molecule has 1 aromatic rings. The molecule has 9 heteroatoms. The summed E-state index contributed by atoms with van der Waals surface area (Å²) in [6, 6.07) is 0.585. The number of amides is 3. The van der Waals surface area contributed by atoms with E-state index in [1.54, 1.807) is 13.8 Å². The third-order valence-electron chi connectivity index (χ3n) is 2.80. The normalized spacial score (nSPS) is 18.3. The summed E-state index contributed by atoms with van der Waals surface area (Å²) in [7, 11) is 0. The highest BCUT2D eigenvalue weighted by Crippen LogP contribution is 2.37. The topological polar surface area (TPSA) is 95.3 Å². The number of hydrogen-bond donors (Lipinski definition) is 1. The number of rotatable bonds is 2. The van der Waals surface area contributed by atoms with E-state index in [4.69, 9.17) is 4.74 Å². The predicted molar refractivity (Wildman–Crippen MR) is 78.3 cm³/mol. The van der Waals surface area contributed by atoms with Gasteiger partial charge in [0.05, 0.1) is 23.1 Å². The Morgan fingerprint density at radius 2 is 2.43 bits per heavy atom. The number of nitriles is 1. The van der Waals surface area contributed by atoms with E-state index in [2.05, 4.69) is 26.2 Å². The summed E-state index contributed by atoms with van der Waals surface area (Å²) in [6.07, 6.45) is 0.722. The molecule has 1 atom stereocenters. The number of hydrogen-bond acceptors (Lipinski definition) is 6. The number of allylic oxidation sites excluding steroid dienone is 1. The predicted octanol–water partition coefficient (Wildman–Crippen LogP) is 2.93.